The number of carbonyl (C=O) groups excluding carboxylic acids is 3. The molecule has 0 radical (unpaired) electrons. The third-order valence-electron chi connectivity index (χ3n) is 9.47. The Morgan fingerprint density at radius 2 is 1.71 bits per heavy atom. The van der Waals surface area contributed by atoms with Gasteiger partial charge in [0.1, 0.15) is 12.2 Å². The molecule has 0 unspecified atom stereocenters. The van der Waals surface area contributed by atoms with E-state index >= 15 is 0 Å². The summed E-state index contributed by atoms with van der Waals surface area (Å²) in [6, 6.07) is 0. The number of esters is 3. The number of rotatable bonds is 2. The maximum atomic E-state index is 13.7. The van der Waals surface area contributed by atoms with Gasteiger partial charge < -0.3 is 28.4 Å². The van der Waals surface area contributed by atoms with Gasteiger partial charge in [-0.3, -0.25) is 4.79 Å². The number of methoxy groups -OCH3 is 2. The van der Waals surface area contributed by atoms with Crippen molar-refractivity contribution in [2.45, 2.75) is 76.3 Å². The highest BCUT2D eigenvalue weighted by Crippen LogP contribution is 2.85. The van der Waals surface area contributed by atoms with Gasteiger partial charge in [0.2, 0.25) is 11.9 Å². The summed E-state index contributed by atoms with van der Waals surface area (Å²) < 4.78 is 35.9. The molecule has 0 amide bonds. The first-order valence-electron chi connectivity index (χ1n) is 10.9. The second kappa shape index (κ2) is 5.26. The van der Waals surface area contributed by atoms with Gasteiger partial charge in [0.15, 0.2) is 11.7 Å². The predicted octanol–water partition coefficient (Wildman–Crippen LogP) is 0.968. The zero-order chi connectivity index (χ0) is 22.4. The van der Waals surface area contributed by atoms with E-state index in [0.717, 1.165) is 0 Å². The summed E-state index contributed by atoms with van der Waals surface area (Å²) in [5.74, 6) is -2.38. The van der Waals surface area contributed by atoms with Crippen molar-refractivity contribution in [1.82, 2.24) is 0 Å². The minimum absolute atomic E-state index is 0.111. The molecule has 2 aliphatic carbocycles. The average molecular weight is 436 g/mol. The molecule has 6 rings (SSSR count). The molecule has 4 heterocycles. The van der Waals surface area contributed by atoms with Gasteiger partial charge in [0, 0.05) is 20.6 Å². The van der Waals surface area contributed by atoms with Crippen molar-refractivity contribution in [1.29, 1.82) is 0 Å². The molecule has 31 heavy (non-hydrogen) atoms. The van der Waals surface area contributed by atoms with Crippen LogP contribution < -0.4 is 0 Å². The predicted molar refractivity (Wildman–Crippen MR) is 100 cm³/mol. The quantitative estimate of drug-likeness (QED) is 0.462. The first-order chi connectivity index (χ1) is 14.5. The fourth-order valence-corrected chi connectivity index (χ4v) is 8.75. The smallest absolute Gasteiger partial charge is 0.342 e. The van der Waals surface area contributed by atoms with Crippen LogP contribution in [-0.2, 0) is 42.8 Å². The fourth-order valence-electron chi connectivity index (χ4n) is 8.75. The average Bonchev–Trinajstić information content (AvgIpc) is 3.39. The van der Waals surface area contributed by atoms with Crippen LogP contribution in [-0.4, -0.2) is 67.9 Å². The largest absolute Gasteiger partial charge is 0.459 e. The molecule has 2 spiro atoms. The van der Waals surface area contributed by atoms with Gasteiger partial charge in [0.25, 0.3) is 0 Å². The Morgan fingerprint density at radius 1 is 1.00 bits per heavy atom. The molecule has 0 aromatic heterocycles. The van der Waals surface area contributed by atoms with E-state index in [2.05, 4.69) is 20.8 Å². The number of hydrogen-bond acceptors (Lipinski definition) is 9. The Labute approximate surface area is 180 Å². The van der Waals surface area contributed by atoms with E-state index in [9.17, 15) is 14.4 Å². The van der Waals surface area contributed by atoms with Crippen molar-refractivity contribution >= 4 is 17.9 Å². The molecule has 2 saturated carbocycles. The normalized spacial score (nSPS) is 56.1. The van der Waals surface area contributed by atoms with Gasteiger partial charge in [0.05, 0.1) is 16.7 Å². The first-order valence-corrected chi connectivity index (χ1v) is 10.9. The van der Waals surface area contributed by atoms with E-state index in [1.165, 1.54) is 14.2 Å². The molecule has 0 aromatic carbocycles. The lowest BCUT2D eigenvalue weighted by Gasteiger charge is -2.47. The van der Waals surface area contributed by atoms with Crippen LogP contribution in [0.5, 0.6) is 0 Å². The van der Waals surface area contributed by atoms with E-state index in [1.54, 1.807) is 6.92 Å². The highest BCUT2D eigenvalue weighted by molar-refractivity contribution is 5.93. The summed E-state index contributed by atoms with van der Waals surface area (Å²) >= 11 is 0. The van der Waals surface area contributed by atoms with Crippen LogP contribution in [0.15, 0.2) is 0 Å². The van der Waals surface area contributed by atoms with Crippen molar-refractivity contribution < 1.29 is 42.8 Å². The fraction of sp³-hybridized carbons (Fsp3) is 0.864. The van der Waals surface area contributed by atoms with Crippen LogP contribution >= 0.6 is 0 Å². The van der Waals surface area contributed by atoms with Crippen molar-refractivity contribution in [3.63, 3.8) is 0 Å². The van der Waals surface area contributed by atoms with Crippen molar-refractivity contribution in [2.24, 2.45) is 28.1 Å². The lowest BCUT2D eigenvalue weighted by Crippen LogP contribution is -2.67. The SMILES string of the molecule is CO[C@H]1C(=O)O[C@H]2O[C@]34C(=O)O[C@@H]5C[C@@H](C(C)(C)C)[C@]21[C@]53C[C@@H]1OC(=O)[C@@H](C)[C@@]14OC. The number of hydrogen-bond donors (Lipinski definition) is 0. The first kappa shape index (κ1) is 19.9. The third-order valence-corrected chi connectivity index (χ3v) is 9.47. The molecule has 0 N–H and O–H groups in total. The molecular weight excluding hydrogens is 408 g/mol. The van der Waals surface area contributed by atoms with Crippen molar-refractivity contribution in [3.05, 3.63) is 0 Å². The molecule has 6 fully saturated rings. The molecule has 9 heteroatoms. The molecular formula is C22H28O9. The van der Waals surface area contributed by atoms with Crippen molar-refractivity contribution in [3.8, 4) is 0 Å². The molecule has 0 bridgehead atoms. The summed E-state index contributed by atoms with van der Waals surface area (Å²) in [5.41, 5.74) is -5.23. The van der Waals surface area contributed by atoms with Crippen LogP contribution in [0, 0.1) is 28.1 Å². The molecule has 6 aliphatic rings. The Morgan fingerprint density at radius 3 is 2.32 bits per heavy atom. The molecule has 4 saturated heterocycles. The molecule has 10 atom stereocenters. The molecule has 0 aromatic rings. The summed E-state index contributed by atoms with van der Waals surface area (Å²) in [4.78, 5) is 39.3. The van der Waals surface area contributed by atoms with Gasteiger partial charge in [-0.1, -0.05) is 20.8 Å². The van der Waals surface area contributed by atoms with E-state index in [4.69, 9.17) is 28.4 Å². The van der Waals surface area contributed by atoms with Crippen LogP contribution in [0.3, 0.4) is 0 Å². The summed E-state index contributed by atoms with van der Waals surface area (Å²) in [6.45, 7) is 8.00. The summed E-state index contributed by atoms with van der Waals surface area (Å²) in [5, 5.41) is 0. The van der Waals surface area contributed by atoms with Crippen LogP contribution in [0.2, 0.25) is 0 Å². The second-order valence-electron chi connectivity index (χ2n) is 11.0. The molecule has 4 aliphatic heterocycles. The number of ether oxygens (including phenoxy) is 6. The van der Waals surface area contributed by atoms with E-state index in [-0.39, 0.29) is 17.8 Å². The monoisotopic (exact) mass is 436 g/mol. The lowest BCUT2D eigenvalue weighted by molar-refractivity contribution is -0.244. The maximum absolute atomic E-state index is 13.7. The van der Waals surface area contributed by atoms with E-state index in [0.29, 0.717) is 6.42 Å². The van der Waals surface area contributed by atoms with E-state index in [1.807, 2.05) is 0 Å². The van der Waals surface area contributed by atoms with Gasteiger partial charge in [-0.2, -0.15) is 0 Å². The Bertz CT molecular complexity index is 924. The topological polar surface area (TPSA) is 107 Å². The van der Waals surface area contributed by atoms with Crippen molar-refractivity contribution in [2.75, 3.05) is 14.2 Å². The Balaban J connectivity index is 1.70. The minimum Gasteiger partial charge on any atom is -0.459 e. The number of carbonyl (C=O) groups is 3. The highest BCUT2D eigenvalue weighted by Gasteiger charge is 3.01. The molecule has 170 valence electrons. The molecule has 9 nitrogen and oxygen atoms in total. The van der Waals surface area contributed by atoms with Crippen LogP contribution in [0.1, 0.15) is 40.5 Å². The zero-order valence-electron chi connectivity index (χ0n) is 18.6. The Kier molecular flexibility index (Phi) is 3.38. The number of fused-ring (bicyclic) bond motifs is 1. The lowest BCUT2D eigenvalue weighted by atomic mass is 9.51. The van der Waals surface area contributed by atoms with Crippen LogP contribution in [0.4, 0.5) is 0 Å². The zero-order valence-corrected chi connectivity index (χ0v) is 18.6. The van der Waals surface area contributed by atoms with Gasteiger partial charge in [-0.05, 0) is 24.7 Å². The van der Waals surface area contributed by atoms with Gasteiger partial charge >= 0.3 is 17.9 Å². The van der Waals surface area contributed by atoms with Gasteiger partial charge in [-0.15, -0.1) is 0 Å². The summed E-state index contributed by atoms with van der Waals surface area (Å²) in [6.07, 6.45) is -2.32. The minimum atomic E-state index is -1.63. The summed E-state index contributed by atoms with van der Waals surface area (Å²) in [7, 11) is 2.95. The van der Waals surface area contributed by atoms with Gasteiger partial charge in [-0.25, -0.2) is 9.59 Å². The van der Waals surface area contributed by atoms with Crippen LogP contribution in [0.25, 0.3) is 0 Å². The highest BCUT2D eigenvalue weighted by atomic mass is 16.8. The maximum Gasteiger partial charge on any atom is 0.342 e. The second-order valence-corrected chi connectivity index (χ2v) is 11.0. The third kappa shape index (κ3) is 1.55. The Hall–Kier alpha value is -1.71. The van der Waals surface area contributed by atoms with E-state index < -0.39 is 70.5 Å². The standard InChI is InChI=1S/C22H28O9/c1-9-14(23)28-12-8-19-11-7-10(18(2,3)4)20(19)13(26-5)15(24)30-17(20)31-22(19,16(25)29-11)21(9,12)27-6/h9-13,17H,7-8H2,1-6H3/t9-,10+,11-,12+,13+,17+,19+,20-,21-,22-/m1/s1.